The molecule has 5 heteroatoms. The molecular weight excluding hydrogens is 324 g/mol. The molecule has 26 heavy (non-hydrogen) atoms. The molecule has 3 heterocycles. The summed E-state index contributed by atoms with van der Waals surface area (Å²) in [7, 11) is 1.79. The van der Waals surface area contributed by atoms with E-state index in [0.717, 1.165) is 36.6 Å². The second-order valence-electron chi connectivity index (χ2n) is 6.68. The van der Waals surface area contributed by atoms with Crippen LogP contribution in [0.1, 0.15) is 42.2 Å². The van der Waals surface area contributed by atoms with Crippen molar-refractivity contribution in [2.24, 2.45) is 7.05 Å². The molecule has 0 amide bonds. The van der Waals surface area contributed by atoms with Gasteiger partial charge in [-0.25, -0.2) is 4.98 Å². The van der Waals surface area contributed by atoms with Crippen molar-refractivity contribution in [3.8, 4) is 0 Å². The lowest BCUT2D eigenvalue weighted by Crippen LogP contribution is -2.34. The molecule has 0 atom stereocenters. The predicted octanol–water partition coefficient (Wildman–Crippen LogP) is 3.46. The fourth-order valence-corrected chi connectivity index (χ4v) is 3.65. The third-order valence-electron chi connectivity index (χ3n) is 5.16. The van der Waals surface area contributed by atoms with Crippen molar-refractivity contribution < 1.29 is 0 Å². The van der Waals surface area contributed by atoms with Crippen molar-refractivity contribution in [3.05, 3.63) is 63.0 Å². The van der Waals surface area contributed by atoms with Gasteiger partial charge in [-0.15, -0.1) is 0 Å². The molecule has 1 aliphatic heterocycles. The minimum Gasteiger partial charge on any atom is -0.358 e. The second kappa shape index (κ2) is 7.46. The van der Waals surface area contributed by atoms with Crippen LogP contribution < -0.4 is 5.56 Å². The molecule has 0 saturated carbocycles. The quantitative estimate of drug-likeness (QED) is 0.768. The standard InChI is InChI=1S/C19H22N4O.C2H6/c1-12-15(19(24)22(3)13(2)20-12)10-23-9-8-18-16(11-23)14-6-4-5-7-17(14)21-18;1-2/h4-7,21H,8-11H2,1-3H3;1-2H3. The highest BCUT2D eigenvalue weighted by molar-refractivity contribution is 5.84. The number of benzene rings is 1. The van der Waals surface area contributed by atoms with Crippen molar-refractivity contribution in [3.63, 3.8) is 0 Å². The Morgan fingerprint density at radius 3 is 2.69 bits per heavy atom. The highest BCUT2D eigenvalue weighted by Crippen LogP contribution is 2.28. The Balaban J connectivity index is 0.000000948. The first-order valence-corrected chi connectivity index (χ1v) is 9.38. The van der Waals surface area contributed by atoms with E-state index in [1.807, 2.05) is 27.7 Å². The van der Waals surface area contributed by atoms with Gasteiger partial charge in [0.1, 0.15) is 5.82 Å². The second-order valence-corrected chi connectivity index (χ2v) is 6.68. The monoisotopic (exact) mass is 352 g/mol. The zero-order valence-electron chi connectivity index (χ0n) is 16.4. The zero-order valence-corrected chi connectivity index (χ0v) is 16.4. The fourth-order valence-electron chi connectivity index (χ4n) is 3.65. The van der Waals surface area contributed by atoms with Crippen LogP contribution in [0, 0.1) is 13.8 Å². The lowest BCUT2D eigenvalue weighted by atomic mass is 10.0. The van der Waals surface area contributed by atoms with Gasteiger partial charge in [0.15, 0.2) is 0 Å². The molecule has 4 rings (SSSR count). The summed E-state index contributed by atoms with van der Waals surface area (Å²) in [6.07, 6.45) is 0.989. The van der Waals surface area contributed by atoms with Crippen LogP contribution in [-0.4, -0.2) is 26.0 Å². The number of fused-ring (bicyclic) bond motifs is 3. The molecular formula is C21H28N4O. The molecule has 0 bridgehead atoms. The molecule has 3 aromatic rings. The summed E-state index contributed by atoms with van der Waals surface area (Å²) < 4.78 is 1.64. The largest absolute Gasteiger partial charge is 0.358 e. The van der Waals surface area contributed by atoms with Crippen molar-refractivity contribution >= 4 is 10.9 Å². The number of para-hydroxylation sites is 1. The van der Waals surface area contributed by atoms with E-state index in [1.54, 1.807) is 11.6 Å². The molecule has 138 valence electrons. The third kappa shape index (κ3) is 3.19. The SMILES string of the molecule is CC.Cc1nc(C)n(C)c(=O)c1CN1CCc2[nH]c3ccccc3c2C1. The first-order chi connectivity index (χ1) is 12.5. The van der Waals surface area contributed by atoms with Crippen LogP contribution in [-0.2, 0) is 26.6 Å². The number of aryl methyl sites for hydroxylation is 2. The Morgan fingerprint density at radius 2 is 1.92 bits per heavy atom. The molecule has 1 N–H and O–H groups in total. The average molecular weight is 352 g/mol. The van der Waals surface area contributed by atoms with Gasteiger partial charge in [-0.3, -0.25) is 14.3 Å². The average Bonchev–Trinajstić information content (AvgIpc) is 3.03. The minimum absolute atomic E-state index is 0.0738. The summed E-state index contributed by atoms with van der Waals surface area (Å²) >= 11 is 0. The summed E-state index contributed by atoms with van der Waals surface area (Å²) in [6.45, 7) is 10.3. The first-order valence-electron chi connectivity index (χ1n) is 9.38. The Labute approximate surface area is 154 Å². The molecule has 1 aliphatic rings. The van der Waals surface area contributed by atoms with Crippen molar-refractivity contribution in [2.75, 3.05) is 6.54 Å². The van der Waals surface area contributed by atoms with Crippen LogP contribution in [0.25, 0.3) is 10.9 Å². The molecule has 0 aliphatic carbocycles. The predicted molar refractivity (Wildman–Crippen MR) is 106 cm³/mol. The van der Waals surface area contributed by atoms with Crippen LogP contribution in [0.3, 0.4) is 0 Å². The van der Waals surface area contributed by atoms with Crippen LogP contribution in [0.4, 0.5) is 0 Å². The summed E-state index contributed by atoms with van der Waals surface area (Å²) in [5.74, 6) is 0.763. The number of aromatic amines is 1. The maximum absolute atomic E-state index is 12.6. The molecule has 0 unspecified atom stereocenters. The van der Waals surface area contributed by atoms with Crippen molar-refractivity contribution in [1.29, 1.82) is 0 Å². The maximum atomic E-state index is 12.6. The van der Waals surface area contributed by atoms with E-state index in [9.17, 15) is 4.79 Å². The lowest BCUT2D eigenvalue weighted by molar-refractivity contribution is 0.243. The van der Waals surface area contributed by atoms with Gasteiger partial charge in [-0.2, -0.15) is 0 Å². The van der Waals surface area contributed by atoms with Crippen molar-refractivity contribution in [1.82, 2.24) is 19.4 Å². The first kappa shape index (κ1) is 18.4. The van der Waals surface area contributed by atoms with Crippen LogP contribution >= 0.6 is 0 Å². The number of hydrogen-bond donors (Lipinski definition) is 1. The Kier molecular flexibility index (Phi) is 5.28. The van der Waals surface area contributed by atoms with Gasteiger partial charge in [0.2, 0.25) is 0 Å². The Bertz CT molecular complexity index is 984. The van der Waals surface area contributed by atoms with E-state index in [4.69, 9.17) is 0 Å². The van der Waals surface area contributed by atoms with Gasteiger partial charge in [-0.1, -0.05) is 32.0 Å². The number of nitrogens with one attached hydrogen (secondary N) is 1. The minimum atomic E-state index is 0.0738. The summed E-state index contributed by atoms with van der Waals surface area (Å²) in [6, 6.07) is 8.44. The third-order valence-corrected chi connectivity index (χ3v) is 5.16. The van der Waals surface area contributed by atoms with Gasteiger partial charge in [-0.05, 0) is 25.5 Å². The molecule has 0 fully saturated rings. The molecule has 0 spiro atoms. The van der Waals surface area contributed by atoms with E-state index < -0.39 is 0 Å². The van der Waals surface area contributed by atoms with Gasteiger partial charge >= 0.3 is 0 Å². The topological polar surface area (TPSA) is 53.9 Å². The summed E-state index contributed by atoms with van der Waals surface area (Å²) in [5, 5.41) is 1.30. The van der Waals surface area contributed by atoms with Gasteiger partial charge in [0, 0.05) is 55.4 Å². The highest BCUT2D eigenvalue weighted by Gasteiger charge is 2.22. The number of rotatable bonds is 2. The number of hydrogen-bond acceptors (Lipinski definition) is 3. The molecule has 1 aromatic carbocycles. The molecule has 2 aromatic heterocycles. The smallest absolute Gasteiger partial charge is 0.257 e. The Morgan fingerprint density at radius 1 is 1.19 bits per heavy atom. The van der Waals surface area contributed by atoms with Gasteiger partial charge in [0.05, 0.1) is 5.56 Å². The van der Waals surface area contributed by atoms with Crippen LogP contribution in [0.15, 0.2) is 29.1 Å². The normalized spacial score (nSPS) is 14.0. The van der Waals surface area contributed by atoms with E-state index in [2.05, 4.69) is 39.1 Å². The van der Waals surface area contributed by atoms with Gasteiger partial charge in [0.25, 0.3) is 5.56 Å². The van der Waals surface area contributed by atoms with E-state index in [0.29, 0.717) is 6.54 Å². The summed E-state index contributed by atoms with van der Waals surface area (Å²) in [4.78, 5) is 23.0. The van der Waals surface area contributed by atoms with E-state index in [-0.39, 0.29) is 5.56 Å². The number of nitrogens with zero attached hydrogens (tertiary/aromatic N) is 3. The lowest BCUT2D eigenvalue weighted by Gasteiger charge is -2.27. The number of aromatic nitrogens is 3. The highest BCUT2D eigenvalue weighted by atomic mass is 16.1. The zero-order chi connectivity index (χ0) is 18.8. The molecule has 0 radical (unpaired) electrons. The molecule has 0 saturated heterocycles. The maximum Gasteiger partial charge on any atom is 0.257 e. The van der Waals surface area contributed by atoms with E-state index in [1.165, 1.54) is 22.2 Å². The fraction of sp³-hybridized carbons (Fsp3) is 0.429. The van der Waals surface area contributed by atoms with Crippen molar-refractivity contribution in [2.45, 2.75) is 47.2 Å². The van der Waals surface area contributed by atoms with Crippen LogP contribution in [0.2, 0.25) is 0 Å². The summed E-state index contributed by atoms with van der Waals surface area (Å²) in [5.41, 5.74) is 5.63. The number of H-pyrrole nitrogens is 1. The van der Waals surface area contributed by atoms with Gasteiger partial charge < -0.3 is 4.98 Å². The Hall–Kier alpha value is -2.40. The van der Waals surface area contributed by atoms with Crippen LogP contribution in [0.5, 0.6) is 0 Å². The molecule has 5 nitrogen and oxygen atoms in total. The van der Waals surface area contributed by atoms with E-state index >= 15 is 0 Å².